The number of morpholine rings is 1. The second-order valence-electron chi connectivity index (χ2n) is 9.94. The number of carbonyl (C=O) groups excluding carboxylic acids is 1. The number of benzene rings is 1. The van der Waals surface area contributed by atoms with Crippen LogP contribution in [0.3, 0.4) is 0 Å². The number of sulfone groups is 1. The average molecular weight is 560 g/mol. The molecular formula is C29H29N5O5S. The van der Waals surface area contributed by atoms with Crippen LogP contribution in [0.2, 0.25) is 0 Å². The van der Waals surface area contributed by atoms with Gasteiger partial charge in [-0.3, -0.25) is 9.78 Å². The largest absolute Gasteiger partial charge is 0.377 e. The lowest BCUT2D eigenvalue weighted by Crippen LogP contribution is -2.44. The molecule has 11 heteroatoms. The van der Waals surface area contributed by atoms with Crippen LogP contribution in [0, 0.1) is 0 Å². The van der Waals surface area contributed by atoms with Crippen LogP contribution in [0.15, 0.2) is 65.7 Å². The molecule has 6 rings (SSSR count). The lowest BCUT2D eigenvalue weighted by molar-refractivity contribution is 0.0950. The highest BCUT2D eigenvalue weighted by molar-refractivity contribution is 7.91. The van der Waals surface area contributed by atoms with Crippen LogP contribution in [-0.4, -0.2) is 67.4 Å². The highest BCUT2D eigenvalue weighted by Gasteiger charge is 2.24. The van der Waals surface area contributed by atoms with Gasteiger partial charge in [0.25, 0.3) is 5.91 Å². The van der Waals surface area contributed by atoms with Gasteiger partial charge < -0.3 is 19.7 Å². The lowest BCUT2D eigenvalue weighted by Gasteiger charge is -2.34. The predicted molar refractivity (Wildman–Crippen MR) is 150 cm³/mol. The second kappa shape index (κ2) is 10.9. The maximum absolute atomic E-state index is 12.9. The van der Waals surface area contributed by atoms with Crippen molar-refractivity contribution in [3.63, 3.8) is 0 Å². The van der Waals surface area contributed by atoms with Crippen molar-refractivity contribution in [2.75, 3.05) is 37.0 Å². The first kappa shape index (κ1) is 26.3. The van der Waals surface area contributed by atoms with E-state index in [0.717, 1.165) is 34.7 Å². The molecule has 1 saturated heterocycles. The van der Waals surface area contributed by atoms with Gasteiger partial charge in [0.2, 0.25) is 0 Å². The Balaban J connectivity index is 1.20. The summed E-state index contributed by atoms with van der Waals surface area (Å²) in [6.45, 7) is 4.77. The third-order valence-corrected chi connectivity index (χ3v) is 8.89. The van der Waals surface area contributed by atoms with Crippen LogP contribution >= 0.6 is 0 Å². The molecule has 2 aliphatic rings. The minimum absolute atomic E-state index is 0.104. The molecule has 3 aromatic heterocycles. The smallest absolute Gasteiger partial charge is 0.251 e. The van der Waals surface area contributed by atoms with Gasteiger partial charge in [0.05, 0.1) is 72.3 Å². The Hall–Kier alpha value is -3.93. The molecule has 2 aliphatic heterocycles. The molecule has 1 N–H and O–H groups in total. The summed E-state index contributed by atoms with van der Waals surface area (Å²) in [6, 6.07) is 16.6. The van der Waals surface area contributed by atoms with Gasteiger partial charge in [0, 0.05) is 23.7 Å². The Bertz CT molecular complexity index is 1690. The minimum Gasteiger partial charge on any atom is -0.377 e. The molecule has 1 aromatic carbocycles. The van der Waals surface area contributed by atoms with Gasteiger partial charge in [-0.1, -0.05) is 12.1 Å². The topological polar surface area (TPSA) is 124 Å². The second-order valence-corrected chi connectivity index (χ2v) is 12.0. The van der Waals surface area contributed by atoms with Gasteiger partial charge in [-0.15, -0.1) is 0 Å². The van der Waals surface area contributed by atoms with E-state index >= 15 is 0 Å². The highest BCUT2D eigenvalue weighted by Crippen LogP contribution is 2.25. The standard InChI is InChI=1S/C29H29N5O5S/c1-19-17-38-10-9-34(19)28-4-2-3-24(33-28)25-8-7-21-15-30-23(14-26(21)32-25)16-31-29(35)20-5-6-22-18-39-11-12-40(36,37)27(22)13-20/h2-8,13-15,19H,9-12,16-18H2,1H3,(H,31,35)/t19-/m0/s1. The van der Waals surface area contributed by atoms with Crippen LogP contribution in [0.25, 0.3) is 22.3 Å². The summed E-state index contributed by atoms with van der Waals surface area (Å²) >= 11 is 0. The van der Waals surface area contributed by atoms with Crippen molar-refractivity contribution in [2.24, 2.45) is 0 Å². The lowest BCUT2D eigenvalue weighted by atomic mass is 10.1. The first-order valence-electron chi connectivity index (χ1n) is 13.2. The average Bonchev–Trinajstić information content (AvgIpc) is 3.13. The molecule has 4 aromatic rings. The minimum atomic E-state index is -3.50. The fourth-order valence-corrected chi connectivity index (χ4v) is 6.32. The molecule has 5 heterocycles. The van der Waals surface area contributed by atoms with Crippen LogP contribution in [0.4, 0.5) is 5.82 Å². The summed E-state index contributed by atoms with van der Waals surface area (Å²) in [5.41, 5.74) is 3.71. The zero-order chi connectivity index (χ0) is 27.7. The summed E-state index contributed by atoms with van der Waals surface area (Å²) in [5, 5.41) is 3.71. The summed E-state index contributed by atoms with van der Waals surface area (Å²) in [7, 11) is -3.50. The number of amides is 1. The van der Waals surface area contributed by atoms with Gasteiger partial charge in [0.1, 0.15) is 5.82 Å². The number of nitrogens with zero attached hydrogens (tertiary/aromatic N) is 4. The number of aromatic nitrogens is 3. The molecule has 1 atom stereocenters. The van der Waals surface area contributed by atoms with Gasteiger partial charge in [-0.05, 0) is 55.0 Å². The summed E-state index contributed by atoms with van der Waals surface area (Å²) in [5.74, 6) is 0.407. The third kappa shape index (κ3) is 5.40. The SMILES string of the molecule is C[C@H]1COCCN1c1cccc(-c2ccc3cnc(CNC(=O)c4ccc5c(c4)S(=O)(=O)CCOC5)cc3n2)n1. The number of fused-ring (bicyclic) bond motifs is 2. The van der Waals surface area contributed by atoms with E-state index in [2.05, 4.69) is 22.1 Å². The van der Waals surface area contributed by atoms with E-state index < -0.39 is 9.84 Å². The molecule has 40 heavy (non-hydrogen) atoms. The third-order valence-electron chi connectivity index (χ3n) is 7.14. The zero-order valence-electron chi connectivity index (χ0n) is 22.0. The monoisotopic (exact) mass is 559 g/mol. The molecule has 10 nitrogen and oxygen atoms in total. The highest BCUT2D eigenvalue weighted by atomic mass is 32.2. The van der Waals surface area contributed by atoms with Gasteiger partial charge >= 0.3 is 0 Å². The van der Waals surface area contributed by atoms with E-state index in [1.54, 1.807) is 18.3 Å². The molecule has 0 bridgehead atoms. The van der Waals surface area contributed by atoms with E-state index in [1.165, 1.54) is 6.07 Å². The van der Waals surface area contributed by atoms with Crippen LogP contribution in [-0.2, 0) is 32.5 Å². The summed E-state index contributed by atoms with van der Waals surface area (Å²) in [4.78, 5) is 29.4. The molecule has 0 unspecified atom stereocenters. The Morgan fingerprint density at radius 2 is 1.93 bits per heavy atom. The first-order valence-corrected chi connectivity index (χ1v) is 14.8. The van der Waals surface area contributed by atoms with Crippen molar-refractivity contribution in [1.82, 2.24) is 20.3 Å². The van der Waals surface area contributed by atoms with E-state index in [0.29, 0.717) is 24.5 Å². The molecule has 1 amide bonds. The fourth-order valence-electron chi connectivity index (χ4n) is 4.93. The Morgan fingerprint density at radius 1 is 1.05 bits per heavy atom. The Morgan fingerprint density at radius 3 is 2.80 bits per heavy atom. The number of rotatable bonds is 5. The molecule has 0 radical (unpaired) electrons. The number of ether oxygens (including phenoxy) is 2. The van der Waals surface area contributed by atoms with E-state index in [9.17, 15) is 13.2 Å². The normalized spacial score (nSPS) is 18.6. The molecule has 0 spiro atoms. The van der Waals surface area contributed by atoms with Crippen molar-refractivity contribution in [2.45, 2.75) is 31.0 Å². The first-order chi connectivity index (χ1) is 19.4. The Labute approximate surface area is 232 Å². The van der Waals surface area contributed by atoms with Gasteiger partial charge in [-0.2, -0.15) is 0 Å². The van der Waals surface area contributed by atoms with Crippen molar-refractivity contribution in [1.29, 1.82) is 0 Å². The molecule has 0 aliphatic carbocycles. The Kier molecular flexibility index (Phi) is 7.18. The van der Waals surface area contributed by atoms with Crippen LogP contribution in [0.1, 0.15) is 28.5 Å². The number of nitrogens with one attached hydrogen (secondary N) is 1. The number of hydrogen-bond acceptors (Lipinski definition) is 9. The van der Waals surface area contributed by atoms with Crippen LogP contribution in [0.5, 0.6) is 0 Å². The fraction of sp³-hybridized carbons (Fsp3) is 0.310. The maximum atomic E-state index is 12.9. The summed E-state index contributed by atoms with van der Waals surface area (Å²) in [6.07, 6.45) is 1.72. The molecule has 1 fully saturated rings. The van der Waals surface area contributed by atoms with Crippen molar-refractivity contribution >= 4 is 32.5 Å². The van der Waals surface area contributed by atoms with E-state index in [1.807, 2.05) is 36.4 Å². The van der Waals surface area contributed by atoms with E-state index in [-0.39, 0.29) is 47.9 Å². The molecular weight excluding hydrogens is 530 g/mol. The van der Waals surface area contributed by atoms with Crippen molar-refractivity contribution in [3.8, 4) is 11.4 Å². The number of carbonyl (C=O) groups is 1. The van der Waals surface area contributed by atoms with Gasteiger partial charge in [-0.25, -0.2) is 18.4 Å². The molecule has 0 saturated carbocycles. The van der Waals surface area contributed by atoms with Crippen LogP contribution < -0.4 is 10.2 Å². The quantitative estimate of drug-likeness (QED) is 0.393. The predicted octanol–water partition coefficient (Wildman–Crippen LogP) is 3.15. The molecule has 206 valence electrons. The zero-order valence-corrected chi connectivity index (χ0v) is 22.9. The number of anilines is 1. The van der Waals surface area contributed by atoms with E-state index in [4.69, 9.17) is 19.4 Å². The van der Waals surface area contributed by atoms with Crippen molar-refractivity contribution in [3.05, 3.63) is 77.6 Å². The maximum Gasteiger partial charge on any atom is 0.251 e. The number of hydrogen-bond donors (Lipinski definition) is 1. The number of pyridine rings is 3. The van der Waals surface area contributed by atoms with Crippen molar-refractivity contribution < 1.29 is 22.7 Å². The van der Waals surface area contributed by atoms with Gasteiger partial charge in [0.15, 0.2) is 9.84 Å². The summed E-state index contributed by atoms with van der Waals surface area (Å²) < 4.78 is 36.1.